The summed E-state index contributed by atoms with van der Waals surface area (Å²) < 4.78 is 13.0. The monoisotopic (exact) mass is 502 g/mol. The number of piperidine rings is 3. The molecule has 1 aromatic heterocycles. The zero-order chi connectivity index (χ0) is 24.6. The van der Waals surface area contributed by atoms with Gasteiger partial charge in [-0.05, 0) is 29.3 Å². The maximum absolute atomic E-state index is 12.0. The molecule has 3 aromatic carbocycles. The number of quaternary nitrogens is 1. The molecule has 1 N–H and O–H groups in total. The van der Waals surface area contributed by atoms with Gasteiger partial charge in [0.2, 0.25) is 5.82 Å². The van der Waals surface area contributed by atoms with Gasteiger partial charge in [-0.2, -0.15) is 4.98 Å². The van der Waals surface area contributed by atoms with Gasteiger partial charge in [0.15, 0.2) is 18.2 Å². The van der Waals surface area contributed by atoms with E-state index in [0.717, 1.165) is 42.7 Å². The van der Waals surface area contributed by atoms with Crippen LogP contribution in [0.4, 0.5) is 0 Å². The first-order valence-electron chi connectivity index (χ1n) is 12.5. The largest absolute Gasteiger partial charge is 0.484 e. The van der Waals surface area contributed by atoms with Gasteiger partial charge < -0.3 is 18.8 Å². The lowest BCUT2D eigenvalue weighted by Crippen LogP contribution is -2.64. The molecule has 7 rings (SSSR count). The van der Waals surface area contributed by atoms with Crippen LogP contribution in [0.2, 0.25) is 5.02 Å². The number of rotatable bonds is 7. The van der Waals surface area contributed by atoms with Crippen LogP contribution in [0.5, 0.6) is 5.75 Å². The van der Waals surface area contributed by atoms with E-state index in [0.29, 0.717) is 34.5 Å². The van der Waals surface area contributed by atoms with E-state index in [1.807, 2.05) is 84.9 Å². The van der Waals surface area contributed by atoms with Crippen LogP contribution >= 0.6 is 11.6 Å². The summed E-state index contributed by atoms with van der Waals surface area (Å²) in [6, 6.07) is 26.6. The molecule has 3 aliphatic rings. The molecule has 2 bridgehead atoms. The minimum absolute atomic E-state index is 0.124. The quantitative estimate of drug-likeness (QED) is 0.352. The first-order valence-corrected chi connectivity index (χ1v) is 12.9. The number of halogens is 1. The van der Waals surface area contributed by atoms with Crippen LogP contribution in [0.25, 0.3) is 0 Å². The number of benzene rings is 3. The number of aromatic nitrogens is 2. The van der Waals surface area contributed by atoms with Crippen LogP contribution in [0.15, 0.2) is 89.5 Å². The van der Waals surface area contributed by atoms with Crippen molar-refractivity contribution in [1.82, 2.24) is 10.1 Å². The lowest BCUT2D eigenvalue weighted by Gasteiger charge is -2.51. The Labute approximate surface area is 215 Å². The van der Waals surface area contributed by atoms with E-state index in [-0.39, 0.29) is 11.9 Å². The predicted molar refractivity (Wildman–Crippen MR) is 136 cm³/mol. The van der Waals surface area contributed by atoms with Gasteiger partial charge in [-0.15, -0.1) is 0 Å². The van der Waals surface area contributed by atoms with Gasteiger partial charge in [-0.1, -0.05) is 83.5 Å². The number of hydrogen-bond donors (Lipinski definition) is 1. The topological polar surface area (TPSA) is 68.4 Å². The molecule has 6 nitrogen and oxygen atoms in total. The van der Waals surface area contributed by atoms with Gasteiger partial charge in [0.1, 0.15) is 12.3 Å². The van der Waals surface area contributed by atoms with Gasteiger partial charge in [-0.3, -0.25) is 0 Å². The molecule has 0 amide bonds. The predicted octanol–water partition coefficient (Wildman–Crippen LogP) is 5.20. The Morgan fingerprint density at radius 2 is 1.61 bits per heavy atom. The lowest BCUT2D eigenvalue weighted by atomic mass is 9.83. The Hall–Kier alpha value is -3.19. The van der Waals surface area contributed by atoms with Crippen LogP contribution in [0.1, 0.15) is 35.7 Å². The van der Waals surface area contributed by atoms with Gasteiger partial charge in [0, 0.05) is 23.8 Å². The van der Waals surface area contributed by atoms with E-state index in [2.05, 4.69) is 5.16 Å². The molecule has 4 aromatic rings. The number of hydrogen-bond acceptors (Lipinski definition) is 5. The second kappa shape index (κ2) is 9.36. The fourth-order valence-corrected chi connectivity index (χ4v) is 6.01. The molecule has 1 atom stereocenters. The average molecular weight is 503 g/mol. The number of ether oxygens (including phenoxy) is 1. The standard InChI is InChI=1S/C29H29ClN3O3/c30-24-12-7-13-25(18-24)35-26-19-33(16-14-21(26)15-17-33)20-27-31-28(32-36-27)29(34,22-8-3-1-4-9-22)23-10-5-2-6-11-23/h1-13,18,21,26,34H,14-17,19-20H2/q+1/t21?,26-,33?/m0/s1. The Kier molecular flexibility index (Phi) is 6.04. The van der Waals surface area contributed by atoms with E-state index in [9.17, 15) is 5.11 Å². The van der Waals surface area contributed by atoms with Crippen molar-refractivity contribution in [3.05, 3.63) is 113 Å². The molecule has 3 fully saturated rings. The second-order valence-electron chi connectivity index (χ2n) is 10.0. The van der Waals surface area contributed by atoms with Crippen molar-refractivity contribution in [2.75, 3.05) is 19.6 Å². The molecule has 184 valence electrons. The van der Waals surface area contributed by atoms with E-state index in [1.54, 1.807) is 0 Å². The minimum Gasteiger partial charge on any atom is -0.484 e. The third-order valence-corrected chi connectivity index (χ3v) is 8.01. The van der Waals surface area contributed by atoms with Crippen LogP contribution in [-0.4, -0.2) is 45.5 Å². The van der Waals surface area contributed by atoms with Crippen LogP contribution in [-0.2, 0) is 12.1 Å². The number of fused-ring (bicyclic) bond motifs is 3. The molecule has 3 aliphatic heterocycles. The molecular weight excluding hydrogens is 474 g/mol. The van der Waals surface area contributed by atoms with Gasteiger partial charge >= 0.3 is 0 Å². The van der Waals surface area contributed by atoms with Crippen molar-refractivity contribution in [2.24, 2.45) is 5.92 Å². The van der Waals surface area contributed by atoms with E-state index >= 15 is 0 Å². The van der Waals surface area contributed by atoms with E-state index < -0.39 is 5.60 Å². The van der Waals surface area contributed by atoms with Crippen molar-refractivity contribution in [2.45, 2.75) is 31.1 Å². The van der Waals surface area contributed by atoms with Crippen LogP contribution < -0.4 is 4.74 Å². The summed E-state index contributed by atoms with van der Waals surface area (Å²) in [5.41, 5.74) is -0.106. The molecular formula is C29H29ClN3O3+. The third-order valence-electron chi connectivity index (χ3n) is 7.77. The highest BCUT2D eigenvalue weighted by molar-refractivity contribution is 6.30. The summed E-state index contributed by atoms with van der Waals surface area (Å²) in [6.07, 6.45) is 2.33. The lowest BCUT2D eigenvalue weighted by molar-refractivity contribution is -0.959. The van der Waals surface area contributed by atoms with Crippen molar-refractivity contribution in [3.8, 4) is 5.75 Å². The molecule has 7 heteroatoms. The molecule has 0 saturated carbocycles. The van der Waals surface area contributed by atoms with Crippen molar-refractivity contribution < 1.29 is 18.8 Å². The van der Waals surface area contributed by atoms with Gasteiger partial charge in [0.05, 0.1) is 13.1 Å². The Bertz CT molecular complexity index is 1280. The molecule has 36 heavy (non-hydrogen) atoms. The summed E-state index contributed by atoms with van der Waals surface area (Å²) in [6.45, 7) is 3.62. The Morgan fingerprint density at radius 3 is 2.25 bits per heavy atom. The SMILES string of the molecule is OC(c1ccccc1)(c1ccccc1)c1noc(C[N+]23CCC(CC2)[C@@H](Oc2cccc(Cl)c2)C3)n1. The van der Waals surface area contributed by atoms with Gasteiger partial charge in [0.25, 0.3) is 5.89 Å². The van der Waals surface area contributed by atoms with Crippen molar-refractivity contribution >= 4 is 11.6 Å². The second-order valence-corrected chi connectivity index (χ2v) is 10.5. The zero-order valence-corrected chi connectivity index (χ0v) is 20.7. The highest BCUT2D eigenvalue weighted by Crippen LogP contribution is 2.39. The summed E-state index contributed by atoms with van der Waals surface area (Å²) in [5, 5.41) is 17.0. The van der Waals surface area contributed by atoms with Gasteiger partial charge in [-0.25, -0.2) is 0 Å². The van der Waals surface area contributed by atoms with Crippen molar-refractivity contribution in [3.63, 3.8) is 0 Å². The maximum Gasteiger partial charge on any atom is 0.282 e. The first-order chi connectivity index (χ1) is 17.5. The normalized spacial score (nSPS) is 23.5. The summed E-state index contributed by atoms with van der Waals surface area (Å²) in [5.74, 6) is 2.16. The molecule has 3 saturated heterocycles. The Morgan fingerprint density at radius 1 is 0.944 bits per heavy atom. The zero-order valence-electron chi connectivity index (χ0n) is 20.0. The average Bonchev–Trinajstić information content (AvgIpc) is 3.38. The smallest absolute Gasteiger partial charge is 0.282 e. The summed E-state index contributed by atoms with van der Waals surface area (Å²) in [4.78, 5) is 4.76. The highest BCUT2D eigenvalue weighted by atomic mass is 35.5. The number of aliphatic hydroxyl groups is 1. The molecule has 4 heterocycles. The summed E-state index contributed by atoms with van der Waals surface area (Å²) in [7, 11) is 0. The first kappa shape index (κ1) is 23.2. The Balaban J connectivity index is 1.26. The molecule has 0 aliphatic carbocycles. The fraction of sp³-hybridized carbons (Fsp3) is 0.310. The van der Waals surface area contributed by atoms with E-state index in [1.165, 1.54) is 0 Å². The third kappa shape index (κ3) is 4.30. The highest BCUT2D eigenvalue weighted by Gasteiger charge is 2.48. The summed E-state index contributed by atoms with van der Waals surface area (Å²) >= 11 is 6.17. The van der Waals surface area contributed by atoms with Crippen molar-refractivity contribution in [1.29, 1.82) is 0 Å². The molecule has 0 unspecified atom stereocenters. The van der Waals surface area contributed by atoms with E-state index in [4.69, 9.17) is 25.8 Å². The molecule has 0 spiro atoms. The van der Waals surface area contributed by atoms with Crippen LogP contribution in [0.3, 0.4) is 0 Å². The number of nitrogens with zero attached hydrogens (tertiary/aromatic N) is 3. The maximum atomic E-state index is 12.0. The fourth-order valence-electron chi connectivity index (χ4n) is 5.83. The minimum atomic E-state index is -1.50. The molecule has 0 radical (unpaired) electrons. The van der Waals surface area contributed by atoms with Crippen LogP contribution in [0, 0.1) is 5.92 Å².